The van der Waals surface area contributed by atoms with Crippen molar-refractivity contribution in [3.63, 3.8) is 0 Å². The minimum atomic E-state index is -0.696. The Hall–Kier alpha value is -2.90. The molecule has 1 aliphatic heterocycles. The molecule has 34 heavy (non-hydrogen) atoms. The SMILES string of the molecule is O=C(Cc1ccc2ccccc2c1)ONCCCOC1(C(S)c2ccc3ccccc3c2)CO1. The second-order valence-corrected chi connectivity index (χ2v) is 9.05. The van der Waals surface area contributed by atoms with Crippen molar-refractivity contribution in [2.24, 2.45) is 0 Å². The second kappa shape index (κ2) is 10.2. The van der Waals surface area contributed by atoms with Gasteiger partial charge in [0.1, 0.15) is 6.61 Å². The summed E-state index contributed by atoms with van der Waals surface area (Å²) in [4.78, 5) is 17.3. The molecule has 0 spiro atoms. The van der Waals surface area contributed by atoms with E-state index in [0.717, 1.165) is 21.9 Å². The summed E-state index contributed by atoms with van der Waals surface area (Å²) < 4.78 is 11.7. The Labute approximate surface area is 204 Å². The number of hydrogen-bond acceptors (Lipinski definition) is 6. The van der Waals surface area contributed by atoms with E-state index in [0.29, 0.717) is 26.2 Å². The van der Waals surface area contributed by atoms with Gasteiger partial charge in [-0.15, -0.1) is 0 Å². The Morgan fingerprint density at radius 3 is 2.29 bits per heavy atom. The lowest BCUT2D eigenvalue weighted by Crippen LogP contribution is -2.26. The van der Waals surface area contributed by atoms with Gasteiger partial charge in [0.2, 0.25) is 5.79 Å². The summed E-state index contributed by atoms with van der Waals surface area (Å²) in [6.45, 7) is 1.48. The van der Waals surface area contributed by atoms with Crippen LogP contribution in [0.25, 0.3) is 21.5 Å². The number of carbonyl (C=O) groups is 1. The summed E-state index contributed by atoms with van der Waals surface area (Å²) in [6.07, 6.45) is 0.894. The molecule has 0 bridgehead atoms. The zero-order valence-electron chi connectivity index (χ0n) is 18.8. The highest BCUT2D eigenvalue weighted by atomic mass is 32.1. The molecule has 4 aromatic carbocycles. The number of hydroxylamine groups is 1. The quantitative estimate of drug-likeness (QED) is 0.140. The van der Waals surface area contributed by atoms with E-state index in [-0.39, 0.29) is 17.6 Å². The van der Waals surface area contributed by atoms with Crippen LogP contribution in [0.2, 0.25) is 0 Å². The molecule has 5 rings (SSSR count). The van der Waals surface area contributed by atoms with E-state index in [4.69, 9.17) is 26.9 Å². The number of hydrogen-bond donors (Lipinski definition) is 2. The van der Waals surface area contributed by atoms with Crippen molar-refractivity contribution in [1.82, 2.24) is 5.48 Å². The number of epoxide rings is 1. The lowest BCUT2D eigenvalue weighted by atomic mass is 10.0. The molecule has 0 radical (unpaired) electrons. The fraction of sp³-hybridized carbons (Fsp3) is 0.250. The van der Waals surface area contributed by atoms with Crippen LogP contribution in [-0.2, 0) is 25.5 Å². The number of benzene rings is 4. The smallest absolute Gasteiger partial charge is 0.329 e. The molecular weight excluding hydrogens is 446 g/mol. The Morgan fingerprint density at radius 2 is 1.59 bits per heavy atom. The summed E-state index contributed by atoms with van der Waals surface area (Å²) >= 11 is 4.79. The van der Waals surface area contributed by atoms with E-state index in [9.17, 15) is 4.79 Å². The Kier molecular flexibility index (Phi) is 6.83. The standard InChI is InChI=1S/C28H27NO4S/c30-26(17-20-10-11-21-6-1-3-8-23(21)16-20)33-29-14-5-15-31-28(19-32-28)27(34)25-13-12-22-7-2-4-9-24(22)18-25/h1-4,6-13,16,18,27,29,34H,5,14-15,17,19H2. The summed E-state index contributed by atoms with van der Waals surface area (Å²) in [5, 5.41) is 4.45. The number of carbonyl (C=O) groups excluding carboxylic acids is 1. The molecule has 5 nitrogen and oxygen atoms in total. The van der Waals surface area contributed by atoms with Crippen LogP contribution in [0.1, 0.15) is 22.8 Å². The summed E-state index contributed by atoms with van der Waals surface area (Å²) in [5.74, 6) is -1.01. The number of fused-ring (bicyclic) bond motifs is 2. The van der Waals surface area contributed by atoms with Gasteiger partial charge in [-0.25, -0.2) is 0 Å². The number of ether oxygens (including phenoxy) is 2. The van der Waals surface area contributed by atoms with Gasteiger partial charge in [-0.05, 0) is 45.2 Å². The van der Waals surface area contributed by atoms with Gasteiger partial charge in [0.25, 0.3) is 0 Å². The van der Waals surface area contributed by atoms with Crippen molar-refractivity contribution in [3.05, 3.63) is 96.1 Å². The zero-order valence-corrected chi connectivity index (χ0v) is 19.7. The molecule has 0 saturated carbocycles. The molecule has 1 N–H and O–H groups in total. The van der Waals surface area contributed by atoms with Crippen molar-refractivity contribution < 1.29 is 19.1 Å². The monoisotopic (exact) mass is 473 g/mol. The third-order valence-corrected chi connectivity index (χ3v) is 6.74. The Bertz CT molecular complexity index is 1300. The van der Waals surface area contributed by atoms with Gasteiger partial charge < -0.3 is 14.3 Å². The maximum Gasteiger partial charge on any atom is 0.329 e. The van der Waals surface area contributed by atoms with E-state index < -0.39 is 5.79 Å². The largest absolute Gasteiger partial charge is 0.370 e. The molecule has 2 atom stereocenters. The predicted molar refractivity (Wildman–Crippen MR) is 137 cm³/mol. The maximum atomic E-state index is 12.1. The number of thiol groups is 1. The normalized spacial score (nSPS) is 18.1. The van der Waals surface area contributed by atoms with Crippen molar-refractivity contribution in [3.8, 4) is 0 Å². The van der Waals surface area contributed by atoms with Crippen molar-refractivity contribution in [1.29, 1.82) is 0 Å². The fourth-order valence-corrected chi connectivity index (χ4v) is 4.48. The van der Waals surface area contributed by atoms with Gasteiger partial charge >= 0.3 is 5.97 Å². The molecule has 1 aliphatic rings. The highest BCUT2D eigenvalue weighted by Crippen LogP contribution is 2.45. The second-order valence-electron chi connectivity index (χ2n) is 8.54. The third-order valence-electron chi connectivity index (χ3n) is 6.05. The first kappa shape index (κ1) is 22.9. The molecule has 6 heteroatoms. The average Bonchev–Trinajstić information content (AvgIpc) is 3.66. The molecular formula is C28H27NO4S. The average molecular weight is 474 g/mol. The van der Waals surface area contributed by atoms with Crippen LogP contribution in [-0.4, -0.2) is 31.5 Å². The summed E-state index contributed by atoms with van der Waals surface area (Å²) in [5.41, 5.74) is 4.74. The minimum Gasteiger partial charge on any atom is -0.370 e. The molecule has 1 saturated heterocycles. The van der Waals surface area contributed by atoms with Crippen LogP contribution < -0.4 is 5.48 Å². The van der Waals surface area contributed by atoms with Crippen LogP contribution in [0.5, 0.6) is 0 Å². The highest BCUT2D eigenvalue weighted by molar-refractivity contribution is 7.80. The van der Waals surface area contributed by atoms with E-state index in [2.05, 4.69) is 41.9 Å². The molecule has 4 aromatic rings. The van der Waals surface area contributed by atoms with Gasteiger partial charge in [-0.3, -0.25) is 4.79 Å². The predicted octanol–water partition coefficient (Wildman–Crippen LogP) is 5.39. The van der Waals surface area contributed by atoms with Crippen molar-refractivity contribution in [2.45, 2.75) is 23.9 Å². The molecule has 174 valence electrons. The van der Waals surface area contributed by atoms with E-state index >= 15 is 0 Å². The highest BCUT2D eigenvalue weighted by Gasteiger charge is 2.52. The summed E-state index contributed by atoms with van der Waals surface area (Å²) in [6, 6.07) is 28.6. The first-order chi connectivity index (χ1) is 16.6. The molecule has 1 heterocycles. The fourth-order valence-electron chi connectivity index (χ4n) is 4.10. The third kappa shape index (κ3) is 5.26. The molecule has 0 amide bonds. The first-order valence-electron chi connectivity index (χ1n) is 11.5. The van der Waals surface area contributed by atoms with Crippen LogP contribution in [0.4, 0.5) is 0 Å². The number of rotatable bonds is 10. The van der Waals surface area contributed by atoms with Gasteiger partial charge in [-0.1, -0.05) is 78.9 Å². The van der Waals surface area contributed by atoms with Crippen LogP contribution in [0, 0.1) is 0 Å². The van der Waals surface area contributed by atoms with E-state index in [1.165, 1.54) is 10.8 Å². The van der Waals surface area contributed by atoms with Gasteiger partial charge in [-0.2, -0.15) is 18.1 Å². The molecule has 0 aromatic heterocycles. The minimum absolute atomic E-state index is 0.176. The number of nitrogens with one attached hydrogen (secondary N) is 1. The molecule has 2 unspecified atom stereocenters. The van der Waals surface area contributed by atoms with Gasteiger partial charge in [0, 0.05) is 6.54 Å². The van der Waals surface area contributed by atoms with Gasteiger partial charge in [0.05, 0.1) is 18.3 Å². The van der Waals surface area contributed by atoms with E-state index in [1.807, 2.05) is 48.5 Å². The molecule has 1 fully saturated rings. The van der Waals surface area contributed by atoms with Gasteiger partial charge in [0.15, 0.2) is 0 Å². The van der Waals surface area contributed by atoms with Crippen molar-refractivity contribution >= 4 is 40.1 Å². The molecule has 0 aliphatic carbocycles. The topological polar surface area (TPSA) is 60.1 Å². The first-order valence-corrected chi connectivity index (χ1v) is 12.0. The Balaban J connectivity index is 1.04. The summed E-state index contributed by atoms with van der Waals surface area (Å²) in [7, 11) is 0. The van der Waals surface area contributed by atoms with Crippen molar-refractivity contribution in [2.75, 3.05) is 19.8 Å². The zero-order chi connectivity index (χ0) is 23.4. The van der Waals surface area contributed by atoms with E-state index in [1.54, 1.807) is 0 Å². The van der Waals surface area contributed by atoms with Crippen LogP contribution in [0.3, 0.4) is 0 Å². The Morgan fingerprint density at radius 1 is 0.941 bits per heavy atom. The maximum absolute atomic E-state index is 12.1. The van der Waals surface area contributed by atoms with Crippen LogP contribution in [0.15, 0.2) is 84.9 Å². The lowest BCUT2D eigenvalue weighted by molar-refractivity contribution is -0.150. The lowest BCUT2D eigenvalue weighted by Gasteiger charge is -2.21. The van der Waals surface area contributed by atoms with Crippen LogP contribution >= 0.6 is 12.6 Å².